The van der Waals surface area contributed by atoms with Crippen molar-refractivity contribution < 1.29 is 23.9 Å². The van der Waals surface area contributed by atoms with E-state index < -0.39 is 18.0 Å². The summed E-state index contributed by atoms with van der Waals surface area (Å²) < 4.78 is 10.5. The standard InChI is InChI=1S/C24H23NO5/c1-15(26)18-9-11-22(29-3)20(12-18)14-23(27)30-16(2)24(28)25-21-10-8-17-6-4-5-7-19(17)13-21/h4-13,16H,14H2,1-3H3,(H,25,28)/t16-/m1/s1. The quantitative estimate of drug-likeness (QED) is 0.471. The minimum atomic E-state index is -0.981. The molecule has 154 valence electrons. The van der Waals surface area contributed by atoms with Crippen LogP contribution in [0.15, 0.2) is 60.7 Å². The molecule has 0 saturated heterocycles. The first-order valence-corrected chi connectivity index (χ1v) is 9.54. The molecular weight excluding hydrogens is 382 g/mol. The zero-order valence-corrected chi connectivity index (χ0v) is 17.1. The molecule has 0 aliphatic rings. The van der Waals surface area contributed by atoms with Crippen molar-refractivity contribution in [2.75, 3.05) is 12.4 Å². The number of nitrogens with one attached hydrogen (secondary N) is 1. The molecule has 1 N–H and O–H groups in total. The van der Waals surface area contributed by atoms with Crippen molar-refractivity contribution in [3.8, 4) is 5.75 Å². The maximum absolute atomic E-state index is 12.4. The van der Waals surface area contributed by atoms with Gasteiger partial charge in [0, 0.05) is 16.8 Å². The van der Waals surface area contributed by atoms with Gasteiger partial charge in [-0.15, -0.1) is 0 Å². The van der Waals surface area contributed by atoms with E-state index in [2.05, 4.69) is 5.32 Å². The second-order valence-corrected chi connectivity index (χ2v) is 6.94. The molecule has 0 unspecified atom stereocenters. The Morgan fingerprint density at radius 1 is 0.967 bits per heavy atom. The molecule has 0 aromatic heterocycles. The number of carbonyl (C=O) groups excluding carboxylic acids is 3. The van der Waals surface area contributed by atoms with Crippen molar-refractivity contribution in [1.29, 1.82) is 0 Å². The van der Waals surface area contributed by atoms with E-state index in [-0.39, 0.29) is 12.2 Å². The summed E-state index contributed by atoms with van der Waals surface area (Å²) in [6, 6.07) is 18.3. The lowest BCUT2D eigenvalue weighted by atomic mass is 10.0. The molecule has 1 amide bonds. The fraction of sp³-hybridized carbons (Fsp3) is 0.208. The first-order chi connectivity index (χ1) is 14.4. The number of anilines is 1. The number of ether oxygens (including phenoxy) is 2. The Balaban J connectivity index is 1.64. The van der Waals surface area contributed by atoms with Crippen LogP contribution in [0.2, 0.25) is 0 Å². The lowest BCUT2D eigenvalue weighted by molar-refractivity contribution is -0.152. The minimum absolute atomic E-state index is 0.113. The van der Waals surface area contributed by atoms with Crippen LogP contribution in [0, 0.1) is 0 Å². The molecule has 0 radical (unpaired) electrons. The molecule has 3 rings (SSSR count). The summed E-state index contributed by atoms with van der Waals surface area (Å²) in [5, 5.41) is 4.83. The number of Topliss-reactive ketones (excluding diaryl/α,β-unsaturated/α-hetero) is 1. The van der Waals surface area contributed by atoms with Gasteiger partial charge >= 0.3 is 5.97 Å². The van der Waals surface area contributed by atoms with Gasteiger partial charge in [0.1, 0.15) is 5.75 Å². The van der Waals surface area contributed by atoms with Crippen LogP contribution in [0.1, 0.15) is 29.8 Å². The normalized spacial score (nSPS) is 11.6. The monoisotopic (exact) mass is 405 g/mol. The Morgan fingerprint density at radius 3 is 2.40 bits per heavy atom. The van der Waals surface area contributed by atoms with Crippen molar-refractivity contribution in [2.24, 2.45) is 0 Å². The van der Waals surface area contributed by atoms with Crippen molar-refractivity contribution in [3.05, 3.63) is 71.8 Å². The lowest BCUT2D eigenvalue weighted by Crippen LogP contribution is -2.30. The fourth-order valence-electron chi connectivity index (χ4n) is 3.09. The Labute approximate surface area is 174 Å². The maximum Gasteiger partial charge on any atom is 0.311 e. The number of amides is 1. The van der Waals surface area contributed by atoms with Crippen LogP contribution in [0.5, 0.6) is 5.75 Å². The van der Waals surface area contributed by atoms with Gasteiger partial charge in [-0.1, -0.05) is 30.3 Å². The van der Waals surface area contributed by atoms with Crippen LogP contribution < -0.4 is 10.1 Å². The highest BCUT2D eigenvalue weighted by Gasteiger charge is 2.20. The van der Waals surface area contributed by atoms with Crippen molar-refractivity contribution in [1.82, 2.24) is 0 Å². The van der Waals surface area contributed by atoms with E-state index in [1.54, 1.807) is 24.3 Å². The Hall–Kier alpha value is -3.67. The number of rotatable bonds is 7. The molecular formula is C24H23NO5. The second kappa shape index (κ2) is 9.22. The molecule has 0 saturated carbocycles. The van der Waals surface area contributed by atoms with Gasteiger partial charge in [0.05, 0.1) is 13.5 Å². The van der Waals surface area contributed by atoms with Crippen molar-refractivity contribution >= 4 is 34.1 Å². The molecule has 3 aromatic carbocycles. The van der Waals surface area contributed by atoms with E-state index in [4.69, 9.17) is 9.47 Å². The topological polar surface area (TPSA) is 81.7 Å². The number of benzene rings is 3. The summed E-state index contributed by atoms with van der Waals surface area (Å²) in [5.41, 5.74) is 1.62. The Bertz CT molecular complexity index is 1110. The summed E-state index contributed by atoms with van der Waals surface area (Å²) in [5.74, 6) is -0.654. The average Bonchev–Trinajstić information content (AvgIpc) is 2.73. The molecule has 0 aliphatic heterocycles. The van der Waals surface area contributed by atoms with Crippen LogP contribution >= 0.6 is 0 Å². The number of ketones is 1. The average molecular weight is 405 g/mol. The van der Waals surface area contributed by atoms with Gasteiger partial charge in [-0.25, -0.2) is 0 Å². The van der Waals surface area contributed by atoms with Crippen LogP contribution in [-0.2, 0) is 20.7 Å². The predicted octanol–water partition coefficient (Wildman–Crippen LogP) is 4.16. The third-order valence-electron chi connectivity index (χ3n) is 4.72. The van der Waals surface area contributed by atoms with Gasteiger partial charge in [0.2, 0.25) is 0 Å². The number of methoxy groups -OCH3 is 1. The highest BCUT2D eigenvalue weighted by molar-refractivity contribution is 5.97. The zero-order chi connectivity index (χ0) is 21.7. The van der Waals surface area contributed by atoms with Crippen molar-refractivity contribution in [3.63, 3.8) is 0 Å². The van der Waals surface area contributed by atoms with Gasteiger partial charge < -0.3 is 14.8 Å². The number of hydrogen-bond acceptors (Lipinski definition) is 5. The summed E-state index contributed by atoms with van der Waals surface area (Å²) in [7, 11) is 1.48. The van der Waals surface area contributed by atoms with E-state index in [1.165, 1.54) is 21.0 Å². The smallest absolute Gasteiger partial charge is 0.311 e. The zero-order valence-electron chi connectivity index (χ0n) is 17.1. The van der Waals surface area contributed by atoms with E-state index in [0.29, 0.717) is 22.6 Å². The fourth-order valence-corrected chi connectivity index (χ4v) is 3.09. The van der Waals surface area contributed by atoms with E-state index >= 15 is 0 Å². The van der Waals surface area contributed by atoms with E-state index in [1.807, 2.05) is 36.4 Å². The molecule has 6 nitrogen and oxygen atoms in total. The molecule has 0 heterocycles. The third-order valence-corrected chi connectivity index (χ3v) is 4.72. The maximum atomic E-state index is 12.4. The summed E-state index contributed by atoms with van der Waals surface area (Å²) in [6.45, 7) is 2.96. The van der Waals surface area contributed by atoms with E-state index in [0.717, 1.165) is 10.8 Å². The molecule has 1 atom stereocenters. The third kappa shape index (κ3) is 5.03. The molecule has 6 heteroatoms. The van der Waals surface area contributed by atoms with E-state index in [9.17, 15) is 14.4 Å². The van der Waals surface area contributed by atoms with Crippen LogP contribution in [0.3, 0.4) is 0 Å². The van der Waals surface area contributed by atoms with Gasteiger partial charge in [0.15, 0.2) is 11.9 Å². The first-order valence-electron chi connectivity index (χ1n) is 9.54. The minimum Gasteiger partial charge on any atom is -0.496 e. The Morgan fingerprint density at radius 2 is 1.70 bits per heavy atom. The summed E-state index contributed by atoms with van der Waals surface area (Å²) >= 11 is 0. The SMILES string of the molecule is COc1ccc(C(C)=O)cc1CC(=O)O[C@H](C)C(=O)Nc1ccc2ccccc2c1. The van der Waals surface area contributed by atoms with Crippen LogP contribution in [0.4, 0.5) is 5.69 Å². The molecule has 30 heavy (non-hydrogen) atoms. The van der Waals surface area contributed by atoms with Crippen LogP contribution in [0.25, 0.3) is 10.8 Å². The number of fused-ring (bicyclic) bond motifs is 1. The molecule has 0 spiro atoms. The number of hydrogen-bond donors (Lipinski definition) is 1. The number of esters is 1. The van der Waals surface area contributed by atoms with Gasteiger partial charge in [-0.05, 0) is 55.0 Å². The van der Waals surface area contributed by atoms with Gasteiger partial charge in [-0.2, -0.15) is 0 Å². The first kappa shape index (κ1) is 21.0. The lowest BCUT2D eigenvalue weighted by Gasteiger charge is -2.15. The summed E-state index contributed by atoms with van der Waals surface area (Å²) in [6.07, 6.45) is -1.09. The summed E-state index contributed by atoms with van der Waals surface area (Å²) in [4.78, 5) is 36.4. The van der Waals surface area contributed by atoms with Crippen molar-refractivity contribution in [2.45, 2.75) is 26.4 Å². The second-order valence-electron chi connectivity index (χ2n) is 6.94. The van der Waals surface area contributed by atoms with Crippen LogP contribution in [-0.4, -0.2) is 30.9 Å². The molecule has 3 aromatic rings. The van der Waals surface area contributed by atoms with Gasteiger partial charge in [0.25, 0.3) is 5.91 Å². The highest BCUT2D eigenvalue weighted by atomic mass is 16.5. The number of carbonyl (C=O) groups is 3. The molecule has 0 aliphatic carbocycles. The molecule has 0 bridgehead atoms. The Kier molecular flexibility index (Phi) is 6.47. The predicted molar refractivity (Wildman–Crippen MR) is 115 cm³/mol. The largest absolute Gasteiger partial charge is 0.496 e. The molecule has 0 fully saturated rings. The highest BCUT2D eigenvalue weighted by Crippen LogP contribution is 2.22. The van der Waals surface area contributed by atoms with Gasteiger partial charge in [-0.3, -0.25) is 14.4 Å².